The van der Waals surface area contributed by atoms with Gasteiger partial charge >= 0.3 is 0 Å². The van der Waals surface area contributed by atoms with Crippen LogP contribution in [0.2, 0.25) is 0 Å². The van der Waals surface area contributed by atoms with Crippen molar-refractivity contribution in [2.45, 2.75) is 31.7 Å². The van der Waals surface area contributed by atoms with E-state index in [0.717, 1.165) is 36.0 Å². The minimum Gasteiger partial charge on any atom is -0.497 e. The molecule has 1 heterocycles. The van der Waals surface area contributed by atoms with Crippen LogP contribution < -0.4 is 4.74 Å². The highest BCUT2D eigenvalue weighted by Crippen LogP contribution is 2.33. The summed E-state index contributed by atoms with van der Waals surface area (Å²) >= 11 is 3.53. The highest BCUT2D eigenvalue weighted by Gasteiger charge is 2.29. The molecule has 1 amide bonds. The summed E-state index contributed by atoms with van der Waals surface area (Å²) in [4.78, 5) is 14.7. The molecule has 1 atom stereocenters. The second-order valence-electron chi connectivity index (χ2n) is 6.15. The number of halogens is 1. The molecule has 0 saturated carbocycles. The third kappa shape index (κ3) is 3.99. The molecule has 1 fully saturated rings. The summed E-state index contributed by atoms with van der Waals surface area (Å²) in [7, 11) is 1.66. The predicted molar refractivity (Wildman–Crippen MR) is 99.1 cm³/mol. The van der Waals surface area contributed by atoms with Crippen molar-refractivity contribution in [3.05, 3.63) is 64.1 Å². The average Bonchev–Trinajstić information content (AvgIpc) is 3.10. The molecule has 1 aliphatic rings. The number of nitrogens with zero attached hydrogens (tertiary/aromatic N) is 1. The summed E-state index contributed by atoms with van der Waals surface area (Å²) in [5.41, 5.74) is 2.39. The molecular formula is C20H22BrNO2. The van der Waals surface area contributed by atoms with Crippen LogP contribution in [0, 0.1) is 0 Å². The second-order valence-corrected chi connectivity index (χ2v) is 7.06. The van der Waals surface area contributed by atoms with Gasteiger partial charge in [0, 0.05) is 17.4 Å². The number of hydrogen-bond donors (Lipinski definition) is 0. The fraction of sp³-hybridized carbons (Fsp3) is 0.350. The molecule has 1 aliphatic heterocycles. The lowest BCUT2D eigenvalue weighted by molar-refractivity contribution is -0.132. The molecule has 2 aromatic rings. The highest BCUT2D eigenvalue weighted by atomic mass is 79.9. The van der Waals surface area contributed by atoms with Gasteiger partial charge in [0.1, 0.15) is 5.75 Å². The molecule has 0 spiro atoms. The number of likely N-dealkylation sites (tertiary alicyclic amines) is 1. The summed E-state index contributed by atoms with van der Waals surface area (Å²) in [5, 5.41) is 0. The van der Waals surface area contributed by atoms with Gasteiger partial charge in [-0.25, -0.2) is 0 Å². The number of benzene rings is 2. The van der Waals surface area contributed by atoms with E-state index in [9.17, 15) is 4.79 Å². The van der Waals surface area contributed by atoms with Crippen molar-refractivity contribution in [2.24, 2.45) is 0 Å². The summed E-state index contributed by atoms with van der Waals surface area (Å²) in [6.07, 6.45) is 3.44. The molecule has 0 aliphatic carbocycles. The summed E-state index contributed by atoms with van der Waals surface area (Å²) < 4.78 is 6.24. The van der Waals surface area contributed by atoms with Gasteiger partial charge in [-0.15, -0.1) is 0 Å². The molecule has 24 heavy (non-hydrogen) atoms. The molecule has 0 N–H and O–H groups in total. The Bertz CT molecular complexity index is 699. The van der Waals surface area contributed by atoms with Crippen LogP contribution in [-0.4, -0.2) is 24.5 Å². The van der Waals surface area contributed by atoms with Crippen LogP contribution in [0.25, 0.3) is 0 Å². The Hall–Kier alpha value is -1.81. The van der Waals surface area contributed by atoms with Gasteiger partial charge in [-0.2, -0.15) is 0 Å². The van der Waals surface area contributed by atoms with E-state index in [4.69, 9.17) is 4.74 Å². The van der Waals surface area contributed by atoms with Crippen LogP contribution in [0.4, 0.5) is 0 Å². The summed E-state index contributed by atoms with van der Waals surface area (Å²) in [6, 6.07) is 16.5. The van der Waals surface area contributed by atoms with Crippen molar-refractivity contribution in [3.8, 4) is 5.75 Å². The van der Waals surface area contributed by atoms with Gasteiger partial charge in [0.2, 0.25) is 5.91 Å². The van der Waals surface area contributed by atoms with Crippen molar-refractivity contribution in [1.29, 1.82) is 0 Å². The fourth-order valence-corrected chi connectivity index (χ4v) is 3.73. The van der Waals surface area contributed by atoms with Gasteiger partial charge < -0.3 is 9.64 Å². The number of rotatable bonds is 5. The second kappa shape index (κ2) is 7.84. The van der Waals surface area contributed by atoms with E-state index in [2.05, 4.69) is 28.1 Å². The number of carbonyl (C=O) groups is 1. The third-order valence-corrected chi connectivity index (χ3v) is 5.09. The first kappa shape index (κ1) is 17.0. The number of hydrogen-bond acceptors (Lipinski definition) is 2. The summed E-state index contributed by atoms with van der Waals surface area (Å²) in [6.45, 7) is 0.860. The molecule has 126 valence electrons. The van der Waals surface area contributed by atoms with E-state index in [1.54, 1.807) is 7.11 Å². The van der Waals surface area contributed by atoms with E-state index < -0.39 is 0 Å². The highest BCUT2D eigenvalue weighted by molar-refractivity contribution is 9.10. The Morgan fingerprint density at radius 2 is 2.04 bits per heavy atom. The molecule has 0 aromatic heterocycles. The van der Waals surface area contributed by atoms with Crippen LogP contribution in [0.15, 0.2) is 53.0 Å². The van der Waals surface area contributed by atoms with Crippen LogP contribution >= 0.6 is 15.9 Å². The predicted octanol–water partition coefficient (Wildman–Crippen LogP) is 4.75. The van der Waals surface area contributed by atoms with Gasteiger partial charge in [0.25, 0.3) is 0 Å². The largest absolute Gasteiger partial charge is 0.497 e. The normalized spacial score (nSPS) is 17.1. The first-order chi connectivity index (χ1) is 11.7. The smallest absolute Gasteiger partial charge is 0.223 e. The number of aryl methyl sites for hydroxylation is 1. The molecule has 4 heteroatoms. The van der Waals surface area contributed by atoms with Gasteiger partial charge in [0.05, 0.1) is 13.2 Å². The van der Waals surface area contributed by atoms with E-state index in [-0.39, 0.29) is 11.9 Å². The molecule has 3 nitrogen and oxygen atoms in total. The Kier molecular flexibility index (Phi) is 5.56. The fourth-order valence-electron chi connectivity index (χ4n) is 3.31. The molecular weight excluding hydrogens is 366 g/mol. The maximum Gasteiger partial charge on any atom is 0.223 e. The van der Waals surface area contributed by atoms with Crippen molar-refractivity contribution >= 4 is 21.8 Å². The number of amides is 1. The zero-order chi connectivity index (χ0) is 16.9. The van der Waals surface area contributed by atoms with Crippen LogP contribution in [0.5, 0.6) is 5.75 Å². The summed E-state index contributed by atoms with van der Waals surface area (Å²) in [5.74, 6) is 1.09. The van der Waals surface area contributed by atoms with Crippen LogP contribution in [0.1, 0.15) is 36.4 Å². The lowest BCUT2D eigenvalue weighted by atomic mass is 10.0. The Morgan fingerprint density at radius 1 is 1.25 bits per heavy atom. The maximum absolute atomic E-state index is 12.7. The monoisotopic (exact) mass is 387 g/mol. The number of carbonyl (C=O) groups excluding carboxylic acids is 1. The first-order valence-electron chi connectivity index (χ1n) is 8.35. The van der Waals surface area contributed by atoms with Crippen molar-refractivity contribution in [1.82, 2.24) is 4.90 Å². The number of ether oxygens (including phenoxy) is 1. The zero-order valence-corrected chi connectivity index (χ0v) is 15.5. The minimum atomic E-state index is 0.214. The van der Waals surface area contributed by atoms with Gasteiger partial charge in [-0.05, 0) is 54.7 Å². The molecule has 0 unspecified atom stereocenters. The van der Waals surface area contributed by atoms with Gasteiger partial charge in [-0.1, -0.05) is 40.2 Å². The average molecular weight is 388 g/mol. The molecule has 0 bridgehead atoms. The standard InChI is InChI=1S/C20H22BrNO2/c1-24-18-10-7-15(8-11-18)9-12-20(23)22-13-3-6-19(22)16-4-2-5-17(21)14-16/h2,4-5,7-8,10-11,14,19H,3,6,9,12-13H2,1H3/t19-/m0/s1. The van der Waals surface area contributed by atoms with Gasteiger partial charge in [0.15, 0.2) is 0 Å². The van der Waals surface area contributed by atoms with Crippen molar-refractivity contribution in [3.63, 3.8) is 0 Å². The lowest BCUT2D eigenvalue weighted by Crippen LogP contribution is -2.30. The van der Waals surface area contributed by atoms with Crippen molar-refractivity contribution in [2.75, 3.05) is 13.7 Å². The van der Waals surface area contributed by atoms with Crippen LogP contribution in [0.3, 0.4) is 0 Å². The maximum atomic E-state index is 12.7. The Morgan fingerprint density at radius 3 is 2.75 bits per heavy atom. The van der Waals surface area contributed by atoms with Gasteiger partial charge in [-0.3, -0.25) is 4.79 Å². The van der Waals surface area contributed by atoms with E-state index in [1.807, 2.05) is 41.3 Å². The van der Waals surface area contributed by atoms with Crippen LogP contribution in [-0.2, 0) is 11.2 Å². The molecule has 3 rings (SSSR count). The number of methoxy groups -OCH3 is 1. The quantitative estimate of drug-likeness (QED) is 0.740. The van der Waals surface area contributed by atoms with Crippen molar-refractivity contribution < 1.29 is 9.53 Å². The van der Waals surface area contributed by atoms with E-state index >= 15 is 0 Å². The zero-order valence-electron chi connectivity index (χ0n) is 13.9. The topological polar surface area (TPSA) is 29.5 Å². The molecule has 2 aromatic carbocycles. The SMILES string of the molecule is COc1ccc(CCC(=O)N2CCC[C@H]2c2cccc(Br)c2)cc1. The first-order valence-corrected chi connectivity index (χ1v) is 9.14. The third-order valence-electron chi connectivity index (χ3n) is 4.59. The lowest BCUT2D eigenvalue weighted by Gasteiger charge is -2.25. The van der Waals surface area contributed by atoms with E-state index in [1.165, 1.54) is 11.1 Å². The van der Waals surface area contributed by atoms with E-state index in [0.29, 0.717) is 6.42 Å². The molecule has 0 radical (unpaired) electrons. The molecule has 1 saturated heterocycles. The minimum absolute atomic E-state index is 0.214. The Balaban J connectivity index is 1.63. The Labute approximate surface area is 151 Å².